The molecule has 6 nitrogen and oxygen atoms in total. The lowest BCUT2D eigenvalue weighted by molar-refractivity contribution is -0.907. The van der Waals surface area contributed by atoms with Crippen LogP contribution in [0.2, 0.25) is 0 Å². The molecule has 0 aliphatic carbocycles. The zero-order valence-electron chi connectivity index (χ0n) is 16.7. The fraction of sp³-hybridized carbons (Fsp3) is 0.381. The number of carbonyl (C=O) groups is 1. The maximum atomic E-state index is 12.6. The molecule has 0 saturated heterocycles. The Hall–Kier alpha value is -2.73. The molecule has 2 N–H and O–H groups in total. The van der Waals surface area contributed by atoms with E-state index in [0.717, 1.165) is 22.8 Å². The number of ether oxygens (including phenoxy) is 3. The van der Waals surface area contributed by atoms with Gasteiger partial charge < -0.3 is 24.4 Å². The molecule has 1 amide bonds. The summed E-state index contributed by atoms with van der Waals surface area (Å²) in [6, 6.07) is 13.1. The van der Waals surface area contributed by atoms with Gasteiger partial charge in [0, 0.05) is 17.3 Å². The molecule has 0 bridgehead atoms. The van der Waals surface area contributed by atoms with E-state index >= 15 is 0 Å². The van der Waals surface area contributed by atoms with Crippen molar-refractivity contribution in [1.82, 2.24) is 0 Å². The van der Waals surface area contributed by atoms with Crippen LogP contribution < -0.4 is 24.4 Å². The van der Waals surface area contributed by atoms with Crippen molar-refractivity contribution < 1.29 is 23.9 Å². The van der Waals surface area contributed by atoms with E-state index in [0.29, 0.717) is 23.8 Å². The fourth-order valence-corrected chi connectivity index (χ4v) is 2.73. The first kappa shape index (κ1) is 20.6. The molecule has 0 heterocycles. The van der Waals surface area contributed by atoms with Gasteiger partial charge in [-0.15, -0.1) is 0 Å². The van der Waals surface area contributed by atoms with Crippen molar-refractivity contribution in [1.29, 1.82) is 0 Å². The van der Waals surface area contributed by atoms with Gasteiger partial charge in [-0.05, 0) is 50.2 Å². The van der Waals surface area contributed by atoms with Crippen LogP contribution >= 0.6 is 0 Å². The minimum Gasteiger partial charge on any atom is -0.494 e. The normalized spacial score (nSPS) is 12.8. The number of benzene rings is 2. The highest BCUT2D eigenvalue weighted by Gasteiger charge is 2.22. The molecule has 2 aromatic rings. The van der Waals surface area contributed by atoms with Crippen molar-refractivity contribution in [2.45, 2.75) is 26.4 Å². The second-order valence-corrected chi connectivity index (χ2v) is 6.38. The lowest BCUT2D eigenvalue weighted by Gasteiger charge is -2.21. The third-order valence-electron chi connectivity index (χ3n) is 4.50. The first-order valence-corrected chi connectivity index (χ1v) is 9.05. The number of carbonyl (C=O) groups excluding carboxylic acids is 1. The highest BCUT2D eigenvalue weighted by molar-refractivity contribution is 5.93. The molecule has 0 aromatic heterocycles. The molecule has 2 aromatic carbocycles. The Labute approximate surface area is 161 Å². The van der Waals surface area contributed by atoms with Crippen molar-refractivity contribution >= 4 is 11.6 Å². The molecule has 146 valence electrons. The molecule has 0 fully saturated rings. The summed E-state index contributed by atoms with van der Waals surface area (Å²) in [5.74, 6) is 2.02. The fourth-order valence-electron chi connectivity index (χ4n) is 2.73. The van der Waals surface area contributed by atoms with E-state index in [1.807, 2.05) is 45.2 Å². The Kier molecular flexibility index (Phi) is 7.49. The molecular formula is C21H29N2O4+. The number of rotatable bonds is 9. The van der Waals surface area contributed by atoms with E-state index < -0.39 is 0 Å². The summed E-state index contributed by atoms with van der Waals surface area (Å²) in [5, 5.41) is 2.94. The van der Waals surface area contributed by atoms with Gasteiger partial charge in [-0.3, -0.25) is 4.79 Å². The van der Waals surface area contributed by atoms with Gasteiger partial charge in [-0.2, -0.15) is 0 Å². The molecular weight excluding hydrogens is 344 g/mol. The van der Waals surface area contributed by atoms with Crippen molar-refractivity contribution in [2.24, 2.45) is 0 Å². The van der Waals surface area contributed by atoms with Crippen molar-refractivity contribution in [3.8, 4) is 17.2 Å². The van der Waals surface area contributed by atoms with Crippen LogP contribution in [-0.4, -0.2) is 39.8 Å². The average Bonchev–Trinajstić information content (AvgIpc) is 2.68. The third kappa shape index (κ3) is 5.62. The van der Waals surface area contributed by atoms with Gasteiger partial charge in [0.1, 0.15) is 12.3 Å². The first-order valence-electron chi connectivity index (χ1n) is 9.05. The lowest BCUT2D eigenvalue weighted by atomic mass is 10.1. The highest BCUT2D eigenvalue weighted by Crippen LogP contribution is 2.29. The highest BCUT2D eigenvalue weighted by atomic mass is 16.5. The Morgan fingerprint density at radius 3 is 2.33 bits per heavy atom. The van der Waals surface area contributed by atoms with Gasteiger partial charge in [0.15, 0.2) is 17.5 Å². The third-order valence-corrected chi connectivity index (χ3v) is 4.50. The summed E-state index contributed by atoms with van der Waals surface area (Å²) >= 11 is 0. The van der Waals surface area contributed by atoms with E-state index in [9.17, 15) is 4.79 Å². The largest absolute Gasteiger partial charge is 0.494 e. The molecule has 2 atom stereocenters. The molecule has 0 aliphatic heterocycles. The van der Waals surface area contributed by atoms with Gasteiger partial charge in [-0.25, -0.2) is 0 Å². The van der Waals surface area contributed by atoms with Gasteiger partial charge in [0.05, 0.1) is 27.9 Å². The molecule has 0 spiro atoms. The Morgan fingerprint density at radius 1 is 1.07 bits per heavy atom. The van der Waals surface area contributed by atoms with Crippen LogP contribution in [0.3, 0.4) is 0 Å². The Balaban J connectivity index is 1.97. The summed E-state index contributed by atoms with van der Waals surface area (Å²) in [6.07, 6.45) is 0. The SMILES string of the molecule is CCOc1ccc(C[NH+](C)[C@@H](C)C(=O)Nc2ccc(OC)c(OC)c2)cc1. The standard InChI is InChI=1S/C21H28N2O4/c1-6-27-18-10-7-16(8-11-18)14-23(3)15(2)21(24)22-17-9-12-19(25-4)20(13-17)26-5/h7-13,15H,6,14H2,1-5H3,(H,22,24)/p+1/t15-/m0/s1. The van der Waals surface area contributed by atoms with Gasteiger partial charge in [0.25, 0.3) is 5.91 Å². The molecule has 0 radical (unpaired) electrons. The van der Waals surface area contributed by atoms with E-state index in [4.69, 9.17) is 14.2 Å². The first-order chi connectivity index (χ1) is 13.0. The van der Waals surface area contributed by atoms with E-state index in [2.05, 4.69) is 5.32 Å². The molecule has 1 unspecified atom stereocenters. The van der Waals surface area contributed by atoms with Crippen LogP contribution in [0, 0.1) is 0 Å². The quantitative estimate of drug-likeness (QED) is 0.707. The molecule has 27 heavy (non-hydrogen) atoms. The summed E-state index contributed by atoms with van der Waals surface area (Å²) in [5.41, 5.74) is 1.83. The maximum absolute atomic E-state index is 12.6. The lowest BCUT2D eigenvalue weighted by Crippen LogP contribution is -3.12. The van der Waals surface area contributed by atoms with Gasteiger partial charge in [0.2, 0.25) is 0 Å². The number of quaternary nitrogens is 1. The Bertz CT molecular complexity index is 746. The number of nitrogens with one attached hydrogen (secondary N) is 2. The number of methoxy groups -OCH3 is 2. The van der Waals surface area contributed by atoms with Crippen LogP contribution in [0.4, 0.5) is 5.69 Å². The number of likely N-dealkylation sites (N-methyl/N-ethyl adjacent to an activating group) is 1. The number of hydrogen-bond donors (Lipinski definition) is 2. The number of amides is 1. The van der Waals surface area contributed by atoms with Crippen LogP contribution in [0.15, 0.2) is 42.5 Å². The summed E-state index contributed by atoms with van der Waals surface area (Å²) < 4.78 is 16.0. The predicted molar refractivity (Wildman–Crippen MR) is 106 cm³/mol. The molecule has 0 saturated carbocycles. The molecule has 6 heteroatoms. The maximum Gasteiger partial charge on any atom is 0.282 e. The van der Waals surface area contributed by atoms with Gasteiger partial charge >= 0.3 is 0 Å². The van der Waals surface area contributed by atoms with Crippen LogP contribution in [-0.2, 0) is 11.3 Å². The smallest absolute Gasteiger partial charge is 0.282 e. The predicted octanol–water partition coefficient (Wildman–Crippen LogP) is 2.14. The zero-order chi connectivity index (χ0) is 19.8. The van der Waals surface area contributed by atoms with Gasteiger partial charge in [-0.1, -0.05) is 0 Å². The summed E-state index contributed by atoms with van der Waals surface area (Å²) in [7, 11) is 5.16. The summed E-state index contributed by atoms with van der Waals surface area (Å²) in [6.45, 7) is 5.27. The van der Waals surface area contributed by atoms with Crippen LogP contribution in [0.25, 0.3) is 0 Å². The number of hydrogen-bond acceptors (Lipinski definition) is 4. The van der Waals surface area contributed by atoms with Crippen LogP contribution in [0.1, 0.15) is 19.4 Å². The second-order valence-electron chi connectivity index (χ2n) is 6.38. The summed E-state index contributed by atoms with van der Waals surface area (Å²) in [4.78, 5) is 13.7. The molecule has 0 aliphatic rings. The topological polar surface area (TPSA) is 61.2 Å². The van der Waals surface area contributed by atoms with Crippen molar-refractivity contribution in [3.63, 3.8) is 0 Å². The minimum atomic E-state index is -0.218. The second kappa shape index (κ2) is 9.83. The van der Waals surface area contributed by atoms with E-state index in [-0.39, 0.29) is 11.9 Å². The van der Waals surface area contributed by atoms with Crippen molar-refractivity contribution in [3.05, 3.63) is 48.0 Å². The Morgan fingerprint density at radius 2 is 1.74 bits per heavy atom. The van der Waals surface area contributed by atoms with E-state index in [1.165, 1.54) is 0 Å². The number of anilines is 1. The molecule has 2 rings (SSSR count). The monoisotopic (exact) mass is 373 g/mol. The average molecular weight is 373 g/mol. The van der Waals surface area contributed by atoms with Crippen LogP contribution in [0.5, 0.6) is 17.2 Å². The van der Waals surface area contributed by atoms with Crippen molar-refractivity contribution in [2.75, 3.05) is 33.2 Å². The minimum absolute atomic E-state index is 0.0503. The van der Waals surface area contributed by atoms with E-state index in [1.54, 1.807) is 32.4 Å². The zero-order valence-corrected chi connectivity index (χ0v) is 16.7.